The van der Waals surface area contributed by atoms with Crippen LogP contribution in [-0.4, -0.2) is 40.7 Å². The molecule has 3 N–H and O–H groups in total. The highest BCUT2D eigenvalue weighted by Crippen LogP contribution is 2.36. The Kier molecular flexibility index (Phi) is 3.92. The number of aryl methyl sites for hydroxylation is 1. The SMILES string of the molecule is COc1ncc(-c2nc3c(C)nc(N)nc3s2)cc1NS(=O)(=O)C1CC1. The molecule has 9 nitrogen and oxygen atoms in total. The number of rotatable bonds is 5. The number of anilines is 2. The van der Waals surface area contributed by atoms with E-state index >= 15 is 0 Å². The molecule has 0 aromatic carbocycles. The number of hydrogen-bond donors (Lipinski definition) is 2. The fourth-order valence-electron chi connectivity index (χ4n) is 2.52. The smallest absolute Gasteiger partial charge is 0.238 e. The summed E-state index contributed by atoms with van der Waals surface area (Å²) in [6, 6.07) is 1.66. The van der Waals surface area contributed by atoms with E-state index in [2.05, 4.69) is 24.7 Å². The average molecular weight is 392 g/mol. The molecule has 0 spiro atoms. The minimum atomic E-state index is -3.43. The van der Waals surface area contributed by atoms with Gasteiger partial charge >= 0.3 is 0 Å². The number of pyridine rings is 1. The molecule has 0 saturated heterocycles. The third kappa shape index (κ3) is 3.03. The van der Waals surface area contributed by atoms with Crippen molar-refractivity contribution in [2.45, 2.75) is 25.0 Å². The van der Waals surface area contributed by atoms with E-state index in [1.165, 1.54) is 18.4 Å². The Balaban J connectivity index is 1.77. The zero-order chi connectivity index (χ0) is 18.5. The van der Waals surface area contributed by atoms with Crippen LogP contribution in [0.25, 0.3) is 20.9 Å². The number of methoxy groups -OCH3 is 1. The molecule has 0 aliphatic heterocycles. The van der Waals surface area contributed by atoms with Gasteiger partial charge in [-0.2, -0.15) is 0 Å². The van der Waals surface area contributed by atoms with Crippen LogP contribution in [0.2, 0.25) is 0 Å². The van der Waals surface area contributed by atoms with Gasteiger partial charge < -0.3 is 10.5 Å². The van der Waals surface area contributed by atoms with Crippen molar-refractivity contribution in [3.05, 3.63) is 18.0 Å². The van der Waals surface area contributed by atoms with E-state index in [0.717, 1.165) is 0 Å². The molecule has 0 unspecified atom stereocenters. The summed E-state index contributed by atoms with van der Waals surface area (Å²) >= 11 is 1.34. The van der Waals surface area contributed by atoms with Crippen molar-refractivity contribution in [2.75, 3.05) is 17.6 Å². The number of fused-ring (bicyclic) bond motifs is 1. The van der Waals surface area contributed by atoms with Crippen LogP contribution in [0.4, 0.5) is 11.6 Å². The maximum Gasteiger partial charge on any atom is 0.238 e. The van der Waals surface area contributed by atoms with Crippen LogP contribution in [0.1, 0.15) is 18.5 Å². The molecule has 136 valence electrons. The third-order valence-electron chi connectivity index (χ3n) is 3.96. The van der Waals surface area contributed by atoms with Crippen molar-refractivity contribution in [3.8, 4) is 16.5 Å². The molecule has 3 aromatic rings. The summed E-state index contributed by atoms with van der Waals surface area (Å²) in [5.41, 5.74) is 7.98. The van der Waals surface area contributed by atoms with Crippen LogP contribution in [-0.2, 0) is 10.0 Å². The molecule has 1 saturated carbocycles. The Labute approximate surface area is 153 Å². The summed E-state index contributed by atoms with van der Waals surface area (Å²) in [7, 11) is -1.99. The molecular weight excluding hydrogens is 376 g/mol. The fraction of sp³-hybridized carbons (Fsp3) is 0.333. The summed E-state index contributed by atoms with van der Waals surface area (Å²) in [6.45, 7) is 1.81. The summed E-state index contributed by atoms with van der Waals surface area (Å²) in [5.74, 6) is 0.398. The van der Waals surface area contributed by atoms with E-state index in [4.69, 9.17) is 10.5 Å². The van der Waals surface area contributed by atoms with Gasteiger partial charge in [0.05, 0.1) is 18.1 Å². The zero-order valence-electron chi connectivity index (χ0n) is 14.1. The molecule has 3 aromatic heterocycles. The molecule has 0 amide bonds. The molecule has 0 bridgehead atoms. The number of nitrogens with two attached hydrogens (primary N) is 1. The van der Waals surface area contributed by atoms with Gasteiger partial charge in [-0.05, 0) is 25.8 Å². The van der Waals surface area contributed by atoms with Gasteiger partial charge in [-0.3, -0.25) is 4.72 Å². The maximum atomic E-state index is 12.3. The number of aromatic nitrogens is 4. The molecule has 4 rings (SSSR count). The van der Waals surface area contributed by atoms with Crippen molar-refractivity contribution in [1.29, 1.82) is 0 Å². The molecule has 0 radical (unpaired) electrons. The third-order valence-corrected chi connectivity index (χ3v) is 6.81. The van der Waals surface area contributed by atoms with Crippen LogP contribution in [0.15, 0.2) is 12.3 Å². The topological polar surface area (TPSA) is 133 Å². The number of ether oxygens (including phenoxy) is 1. The van der Waals surface area contributed by atoms with E-state index in [1.807, 2.05) is 6.92 Å². The highest BCUT2D eigenvalue weighted by atomic mass is 32.2. The first-order valence-corrected chi connectivity index (χ1v) is 10.2. The van der Waals surface area contributed by atoms with E-state index in [0.29, 0.717) is 45.1 Å². The van der Waals surface area contributed by atoms with Gasteiger partial charge in [-0.25, -0.2) is 28.4 Å². The lowest BCUT2D eigenvalue weighted by atomic mass is 10.2. The van der Waals surface area contributed by atoms with Crippen LogP contribution >= 0.6 is 11.3 Å². The molecule has 3 heterocycles. The lowest BCUT2D eigenvalue weighted by Gasteiger charge is -2.11. The van der Waals surface area contributed by atoms with Gasteiger partial charge in [-0.15, -0.1) is 0 Å². The monoisotopic (exact) mass is 392 g/mol. The fourth-order valence-corrected chi connectivity index (χ4v) is 4.88. The predicted molar refractivity (Wildman–Crippen MR) is 99.7 cm³/mol. The lowest BCUT2D eigenvalue weighted by Crippen LogP contribution is -2.18. The lowest BCUT2D eigenvalue weighted by molar-refractivity contribution is 0.400. The summed E-state index contributed by atoms with van der Waals surface area (Å²) < 4.78 is 32.3. The molecule has 0 atom stereocenters. The number of hydrogen-bond acceptors (Lipinski definition) is 9. The average Bonchev–Trinajstić information content (AvgIpc) is 3.35. The van der Waals surface area contributed by atoms with Crippen LogP contribution in [0.3, 0.4) is 0 Å². The van der Waals surface area contributed by atoms with Crippen molar-refractivity contribution >= 4 is 43.3 Å². The Bertz CT molecular complexity index is 1110. The minimum Gasteiger partial charge on any atom is -0.480 e. The second-order valence-corrected chi connectivity index (χ2v) is 8.91. The highest BCUT2D eigenvalue weighted by Gasteiger charge is 2.36. The maximum absolute atomic E-state index is 12.3. The summed E-state index contributed by atoms with van der Waals surface area (Å²) in [5, 5.41) is 0.296. The second kappa shape index (κ2) is 6.02. The Morgan fingerprint density at radius 3 is 2.77 bits per heavy atom. The van der Waals surface area contributed by atoms with E-state index < -0.39 is 10.0 Å². The molecule has 11 heteroatoms. The summed E-state index contributed by atoms with van der Waals surface area (Å²) in [4.78, 5) is 17.7. The van der Waals surface area contributed by atoms with Crippen molar-refractivity contribution in [2.24, 2.45) is 0 Å². The minimum absolute atomic E-state index is 0.191. The number of nitrogen functional groups attached to an aromatic ring is 1. The highest BCUT2D eigenvalue weighted by molar-refractivity contribution is 7.93. The Hall–Kier alpha value is -2.53. The van der Waals surface area contributed by atoms with Crippen LogP contribution in [0, 0.1) is 6.92 Å². The quantitative estimate of drug-likeness (QED) is 0.673. The second-order valence-electron chi connectivity index (χ2n) is 5.97. The van der Waals surface area contributed by atoms with E-state index in [9.17, 15) is 8.42 Å². The predicted octanol–water partition coefficient (Wildman–Crippen LogP) is 1.95. The zero-order valence-corrected chi connectivity index (χ0v) is 15.7. The first kappa shape index (κ1) is 16.9. The van der Waals surface area contributed by atoms with Gasteiger partial charge in [0.1, 0.15) is 21.0 Å². The largest absolute Gasteiger partial charge is 0.480 e. The molecule has 1 aliphatic rings. The Morgan fingerprint density at radius 2 is 2.08 bits per heavy atom. The first-order chi connectivity index (χ1) is 12.4. The van der Waals surface area contributed by atoms with Gasteiger partial charge in [0.15, 0.2) is 0 Å². The number of sulfonamides is 1. The molecule has 1 aliphatic carbocycles. The number of thiazole rings is 1. The van der Waals surface area contributed by atoms with Crippen LogP contribution < -0.4 is 15.2 Å². The number of nitrogens with zero attached hydrogens (tertiary/aromatic N) is 4. The van der Waals surface area contributed by atoms with Crippen molar-refractivity contribution in [3.63, 3.8) is 0 Å². The molecule has 26 heavy (non-hydrogen) atoms. The van der Waals surface area contributed by atoms with Gasteiger partial charge in [0, 0.05) is 11.8 Å². The van der Waals surface area contributed by atoms with E-state index in [1.54, 1.807) is 12.3 Å². The summed E-state index contributed by atoms with van der Waals surface area (Å²) in [6.07, 6.45) is 2.92. The Morgan fingerprint density at radius 1 is 1.31 bits per heavy atom. The van der Waals surface area contributed by atoms with Crippen LogP contribution in [0.5, 0.6) is 5.88 Å². The van der Waals surface area contributed by atoms with Gasteiger partial charge in [0.2, 0.25) is 21.9 Å². The van der Waals surface area contributed by atoms with Gasteiger partial charge in [0.25, 0.3) is 0 Å². The normalized spacial score (nSPS) is 14.5. The molecule has 1 fully saturated rings. The van der Waals surface area contributed by atoms with Crippen molar-refractivity contribution < 1.29 is 13.2 Å². The molecular formula is C15H16N6O3S2. The standard InChI is InChI=1S/C15H16N6O3S2/c1-7-11-14(20-15(16)18-7)25-13(19-11)8-5-10(12(24-2)17-6-8)21-26(22,23)9-3-4-9/h5-6,9,21H,3-4H2,1-2H3,(H2,16,18,20). The van der Waals surface area contributed by atoms with Gasteiger partial charge in [-0.1, -0.05) is 11.3 Å². The number of nitrogens with one attached hydrogen (secondary N) is 1. The van der Waals surface area contributed by atoms with E-state index in [-0.39, 0.29) is 17.1 Å². The van der Waals surface area contributed by atoms with Crippen molar-refractivity contribution in [1.82, 2.24) is 19.9 Å². The first-order valence-electron chi connectivity index (χ1n) is 7.84.